The lowest BCUT2D eigenvalue weighted by molar-refractivity contribution is -0.178. The molecule has 1 saturated heterocycles. The van der Waals surface area contributed by atoms with Crippen molar-refractivity contribution in [1.29, 1.82) is 0 Å². The van der Waals surface area contributed by atoms with Gasteiger partial charge in [0.2, 0.25) is 0 Å². The summed E-state index contributed by atoms with van der Waals surface area (Å²) < 4.78 is 45.2. The van der Waals surface area contributed by atoms with Crippen LogP contribution in [0, 0.1) is 5.92 Å². The molecule has 1 N–H and O–H groups in total. The van der Waals surface area contributed by atoms with Gasteiger partial charge in [-0.2, -0.15) is 13.2 Å². The summed E-state index contributed by atoms with van der Waals surface area (Å²) in [5.74, 6) is -3.64. The molecule has 1 fully saturated rings. The van der Waals surface area contributed by atoms with Crippen molar-refractivity contribution in [3.05, 3.63) is 59.7 Å². The summed E-state index contributed by atoms with van der Waals surface area (Å²) in [6.45, 7) is 1.13. The van der Waals surface area contributed by atoms with Crippen LogP contribution in [-0.4, -0.2) is 46.9 Å². The van der Waals surface area contributed by atoms with Crippen molar-refractivity contribution < 1.29 is 32.6 Å². The van der Waals surface area contributed by atoms with Crippen molar-refractivity contribution in [3.8, 4) is 11.1 Å². The molecule has 1 heterocycles. The number of halogens is 3. The maximum atomic E-state index is 13.3. The van der Waals surface area contributed by atoms with Gasteiger partial charge in [-0.3, -0.25) is 4.90 Å². The van der Waals surface area contributed by atoms with E-state index in [9.17, 15) is 27.9 Å². The number of hydrogen-bond acceptors (Lipinski definition) is 3. The highest BCUT2D eigenvalue weighted by Crippen LogP contribution is 2.45. The minimum absolute atomic E-state index is 0.0842. The molecule has 3 atom stereocenters. The van der Waals surface area contributed by atoms with Gasteiger partial charge in [-0.1, -0.05) is 48.5 Å². The van der Waals surface area contributed by atoms with Gasteiger partial charge in [0.15, 0.2) is 0 Å². The first kappa shape index (κ1) is 20.3. The van der Waals surface area contributed by atoms with Crippen molar-refractivity contribution in [2.24, 2.45) is 5.92 Å². The minimum atomic E-state index is -4.59. The number of alkyl halides is 3. The third-order valence-electron chi connectivity index (χ3n) is 6.09. The molecular formula is C22H20F3NO4. The molecule has 1 aliphatic heterocycles. The first-order chi connectivity index (χ1) is 14.2. The molecule has 0 radical (unpaired) electrons. The summed E-state index contributed by atoms with van der Waals surface area (Å²) in [5, 5.41) is 9.36. The van der Waals surface area contributed by atoms with Crippen molar-refractivity contribution in [2.75, 3.05) is 6.61 Å². The van der Waals surface area contributed by atoms with Crippen LogP contribution in [0.15, 0.2) is 48.5 Å². The minimum Gasteiger partial charge on any atom is -0.480 e. The van der Waals surface area contributed by atoms with Gasteiger partial charge in [0, 0.05) is 12.0 Å². The Bertz CT molecular complexity index is 945. The molecule has 2 aromatic rings. The summed E-state index contributed by atoms with van der Waals surface area (Å²) in [6.07, 6.45) is -6.31. The van der Waals surface area contributed by atoms with E-state index in [4.69, 9.17) is 4.74 Å². The first-order valence-electron chi connectivity index (χ1n) is 9.63. The Hall–Kier alpha value is -3.03. The number of aliphatic carboxylic acids is 1. The summed E-state index contributed by atoms with van der Waals surface area (Å²) in [5.41, 5.74) is 3.96. The molecule has 8 heteroatoms. The molecule has 30 heavy (non-hydrogen) atoms. The number of carbonyl (C=O) groups is 2. The molecule has 2 aliphatic rings. The van der Waals surface area contributed by atoms with E-state index in [2.05, 4.69) is 0 Å². The largest absolute Gasteiger partial charge is 0.480 e. The Morgan fingerprint density at radius 2 is 1.60 bits per heavy atom. The highest BCUT2D eigenvalue weighted by atomic mass is 19.4. The van der Waals surface area contributed by atoms with Crippen LogP contribution in [0.1, 0.15) is 30.4 Å². The van der Waals surface area contributed by atoms with Crippen LogP contribution < -0.4 is 0 Å². The van der Waals surface area contributed by atoms with Crippen molar-refractivity contribution in [1.82, 2.24) is 4.90 Å². The lowest BCUT2D eigenvalue weighted by Gasteiger charge is -2.28. The van der Waals surface area contributed by atoms with Crippen molar-refractivity contribution in [2.45, 2.75) is 37.5 Å². The molecule has 0 saturated carbocycles. The van der Waals surface area contributed by atoms with E-state index >= 15 is 0 Å². The number of fused-ring (bicyclic) bond motifs is 3. The number of rotatable bonds is 3. The average molecular weight is 419 g/mol. The van der Waals surface area contributed by atoms with E-state index in [0.29, 0.717) is 4.90 Å². The number of carbonyl (C=O) groups excluding carboxylic acids is 1. The smallest absolute Gasteiger partial charge is 0.410 e. The van der Waals surface area contributed by atoms with E-state index in [-0.39, 0.29) is 12.5 Å². The normalized spacial score (nSPS) is 23.2. The Balaban J connectivity index is 1.55. The Labute approximate surface area is 171 Å². The van der Waals surface area contributed by atoms with Crippen LogP contribution in [0.3, 0.4) is 0 Å². The molecule has 3 unspecified atom stereocenters. The highest BCUT2D eigenvalue weighted by molar-refractivity contribution is 5.82. The second kappa shape index (κ2) is 7.34. The van der Waals surface area contributed by atoms with Gasteiger partial charge in [0.25, 0.3) is 0 Å². The van der Waals surface area contributed by atoms with Gasteiger partial charge in [-0.15, -0.1) is 0 Å². The first-order valence-corrected chi connectivity index (χ1v) is 9.63. The fourth-order valence-electron chi connectivity index (χ4n) is 4.62. The van der Waals surface area contributed by atoms with Gasteiger partial charge in [0.05, 0.1) is 5.92 Å². The maximum absolute atomic E-state index is 13.3. The van der Waals surface area contributed by atoms with Crippen molar-refractivity contribution >= 4 is 12.1 Å². The van der Waals surface area contributed by atoms with E-state index in [1.807, 2.05) is 48.5 Å². The predicted molar refractivity (Wildman–Crippen MR) is 102 cm³/mol. The van der Waals surface area contributed by atoms with E-state index in [1.54, 1.807) is 0 Å². The molecule has 5 nitrogen and oxygen atoms in total. The van der Waals surface area contributed by atoms with Crippen LogP contribution in [0.25, 0.3) is 11.1 Å². The van der Waals surface area contributed by atoms with E-state index in [1.165, 1.54) is 6.92 Å². The highest BCUT2D eigenvalue weighted by Gasteiger charge is 2.56. The SMILES string of the molecule is CC1C(C(F)(F)F)CC(C(=O)O)N1C(=O)OCC1c2ccccc2-c2ccccc21. The van der Waals surface area contributed by atoms with E-state index < -0.39 is 42.7 Å². The number of amides is 1. The maximum Gasteiger partial charge on any atom is 0.410 e. The third kappa shape index (κ3) is 3.30. The second-order valence-corrected chi connectivity index (χ2v) is 7.69. The molecule has 0 spiro atoms. The van der Waals surface area contributed by atoms with Crippen LogP contribution in [-0.2, 0) is 9.53 Å². The number of ether oxygens (including phenoxy) is 1. The van der Waals surface area contributed by atoms with Gasteiger partial charge < -0.3 is 9.84 Å². The molecule has 2 aromatic carbocycles. The van der Waals surface area contributed by atoms with Gasteiger partial charge in [-0.25, -0.2) is 9.59 Å². The average Bonchev–Trinajstić information content (AvgIpc) is 3.22. The molecule has 0 aromatic heterocycles. The van der Waals surface area contributed by atoms with Crippen LogP contribution >= 0.6 is 0 Å². The number of carboxylic acids is 1. The summed E-state index contributed by atoms with van der Waals surface area (Å²) in [7, 11) is 0. The fraction of sp³-hybridized carbons (Fsp3) is 0.364. The lowest BCUT2D eigenvalue weighted by Crippen LogP contribution is -2.46. The standard InChI is InChI=1S/C22H20F3NO4/c1-12-18(22(23,24)25)10-19(20(27)28)26(12)21(29)30-11-17-15-8-4-2-6-13(15)14-7-3-5-9-16(14)17/h2-9,12,17-19H,10-11H2,1H3,(H,27,28). The fourth-order valence-corrected chi connectivity index (χ4v) is 4.62. The molecule has 4 rings (SSSR count). The van der Waals surface area contributed by atoms with Gasteiger partial charge >= 0.3 is 18.2 Å². The summed E-state index contributed by atoms with van der Waals surface area (Å²) in [6, 6.07) is 12.4. The molecular weight excluding hydrogens is 399 g/mol. The number of benzene rings is 2. The van der Waals surface area contributed by atoms with Crippen molar-refractivity contribution in [3.63, 3.8) is 0 Å². The van der Waals surface area contributed by atoms with Crippen LogP contribution in [0.4, 0.5) is 18.0 Å². The quantitative estimate of drug-likeness (QED) is 0.786. The Kier molecular flexibility index (Phi) is 4.95. The zero-order valence-corrected chi connectivity index (χ0v) is 16.1. The predicted octanol–water partition coefficient (Wildman–Crippen LogP) is 4.66. The zero-order chi connectivity index (χ0) is 21.6. The monoisotopic (exact) mass is 419 g/mol. The second-order valence-electron chi connectivity index (χ2n) is 7.69. The van der Waals surface area contributed by atoms with Crippen LogP contribution in [0.2, 0.25) is 0 Å². The van der Waals surface area contributed by atoms with E-state index in [0.717, 1.165) is 22.3 Å². The third-order valence-corrected chi connectivity index (χ3v) is 6.09. The number of nitrogens with zero attached hydrogens (tertiary/aromatic N) is 1. The zero-order valence-electron chi connectivity index (χ0n) is 16.1. The summed E-state index contributed by atoms with van der Waals surface area (Å²) >= 11 is 0. The molecule has 0 bridgehead atoms. The Morgan fingerprint density at radius 3 is 2.10 bits per heavy atom. The lowest BCUT2D eigenvalue weighted by atomic mass is 9.98. The molecule has 158 valence electrons. The number of carboxylic acid groups (broad SMARTS) is 1. The number of hydrogen-bond donors (Lipinski definition) is 1. The van der Waals surface area contributed by atoms with Gasteiger partial charge in [0.1, 0.15) is 12.6 Å². The summed E-state index contributed by atoms with van der Waals surface area (Å²) in [4.78, 5) is 24.9. The molecule has 1 amide bonds. The topological polar surface area (TPSA) is 66.8 Å². The molecule has 1 aliphatic carbocycles. The number of likely N-dealkylation sites (tertiary alicyclic amines) is 1. The van der Waals surface area contributed by atoms with Gasteiger partial charge in [-0.05, 0) is 35.6 Å². The van der Waals surface area contributed by atoms with Crippen LogP contribution in [0.5, 0.6) is 0 Å². The Morgan fingerprint density at radius 1 is 1.07 bits per heavy atom.